The van der Waals surface area contributed by atoms with E-state index in [4.69, 9.17) is 10.2 Å². The van der Waals surface area contributed by atoms with E-state index in [1.807, 2.05) is 4.90 Å². The number of hydrogen-bond donors (Lipinski definition) is 2. The smallest absolute Gasteiger partial charge is 0.310 e. The number of aliphatic hydroxyl groups excluding tert-OH is 1. The average Bonchev–Trinajstić information content (AvgIpc) is 2.10. The maximum Gasteiger partial charge on any atom is 0.310 e. The van der Waals surface area contributed by atoms with Crippen molar-refractivity contribution in [3.8, 4) is 0 Å². The number of likely N-dealkylation sites (tertiary alicyclic amines) is 1. The summed E-state index contributed by atoms with van der Waals surface area (Å²) < 4.78 is 0. The minimum Gasteiger partial charge on any atom is -0.481 e. The van der Waals surface area contributed by atoms with Crippen molar-refractivity contribution in [1.29, 1.82) is 0 Å². The lowest BCUT2D eigenvalue weighted by Crippen LogP contribution is -2.25. The van der Waals surface area contributed by atoms with Gasteiger partial charge in [-0.2, -0.15) is 0 Å². The molecule has 4 heteroatoms. The Morgan fingerprint density at radius 2 is 2.20 bits per heavy atom. The third-order valence-electron chi connectivity index (χ3n) is 1.79. The summed E-state index contributed by atoms with van der Waals surface area (Å²) in [5.74, 6) is -1.50. The zero-order valence-corrected chi connectivity index (χ0v) is 5.82. The number of aliphatic hydroxyl groups is 1. The largest absolute Gasteiger partial charge is 0.481 e. The molecule has 0 aliphatic carbocycles. The fraction of sp³-hybridized carbons (Fsp3) is 0.833. The topological polar surface area (TPSA) is 60.8 Å². The maximum absolute atomic E-state index is 10.4. The predicted molar refractivity (Wildman–Crippen MR) is 34.6 cm³/mol. The summed E-state index contributed by atoms with van der Waals surface area (Å²) in [6.07, 6.45) is -0.692. The highest BCUT2D eigenvalue weighted by molar-refractivity contribution is 5.71. The zero-order chi connectivity index (χ0) is 7.72. The van der Waals surface area contributed by atoms with Gasteiger partial charge < -0.3 is 15.1 Å². The van der Waals surface area contributed by atoms with Crippen LogP contribution >= 0.6 is 0 Å². The van der Waals surface area contributed by atoms with Gasteiger partial charge in [0.15, 0.2) is 0 Å². The Bertz CT molecular complexity index is 148. The second-order valence-electron chi connectivity index (χ2n) is 2.73. The second kappa shape index (κ2) is 2.56. The van der Waals surface area contributed by atoms with Crippen LogP contribution in [0.4, 0.5) is 0 Å². The van der Waals surface area contributed by atoms with Gasteiger partial charge in [0.25, 0.3) is 0 Å². The van der Waals surface area contributed by atoms with E-state index in [-0.39, 0.29) is 0 Å². The van der Waals surface area contributed by atoms with Crippen molar-refractivity contribution in [3.63, 3.8) is 0 Å². The van der Waals surface area contributed by atoms with Crippen molar-refractivity contribution < 1.29 is 15.0 Å². The monoisotopic (exact) mass is 145 g/mol. The Morgan fingerprint density at radius 1 is 1.60 bits per heavy atom. The van der Waals surface area contributed by atoms with Crippen LogP contribution in [0.1, 0.15) is 0 Å². The molecule has 2 N–H and O–H groups in total. The van der Waals surface area contributed by atoms with E-state index in [1.165, 1.54) is 0 Å². The Morgan fingerprint density at radius 3 is 2.40 bits per heavy atom. The SMILES string of the molecule is CN1C[C@H](C(=O)O)[C@@H](O)C1. The number of aliphatic carboxylic acids is 1. The molecule has 0 aromatic heterocycles. The average molecular weight is 145 g/mol. The van der Waals surface area contributed by atoms with Gasteiger partial charge in [0, 0.05) is 13.1 Å². The molecule has 10 heavy (non-hydrogen) atoms. The number of carbonyl (C=O) groups is 1. The summed E-state index contributed by atoms with van der Waals surface area (Å²) in [6.45, 7) is 0.924. The van der Waals surface area contributed by atoms with Crippen LogP contribution in [-0.4, -0.2) is 47.3 Å². The molecule has 1 aliphatic rings. The standard InChI is InChI=1S/C6H11NO3/c1-7-2-4(6(9)10)5(8)3-7/h4-5,8H,2-3H2,1H3,(H,9,10)/t4-,5-/m0/s1. The molecule has 4 nitrogen and oxygen atoms in total. The molecule has 2 atom stereocenters. The fourth-order valence-electron chi connectivity index (χ4n) is 1.22. The molecule has 1 rings (SSSR count). The quantitative estimate of drug-likeness (QED) is 0.496. The first kappa shape index (κ1) is 7.50. The van der Waals surface area contributed by atoms with Crippen molar-refractivity contribution in [2.24, 2.45) is 5.92 Å². The molecule has 0 amide bonds. The number of likely N-dealkylation sites (N-methyl/N-ethyl adjacent to an activating group) is 1. The lowest BCUT2D eigenvalue weighted by Gasteiger charge is -2.05. The predicted octanol–water partition coefficient (Wildman–Crippen LogP) is -1.01. The van der Waals surface area contributed by atoms with Gasteiger partial charge in [0.1, 0.15) is 0 Å². The Balaban J connectivity index is 2.54. The third kappa shape index (κ3) is 1.27. The summed E-state index contributed by atoms with van der Waals surface area (Å²) in [7, 11) is 1.80. The first-order valence-electron chi connectivity index (χ1n) is 3.20. The van der Waals surface area contributed by atoms with Crippen LogP contribution < -0.4 is 0 Å². The molecular weight excluding hydrogens is 134 g/mol. The molecule has 0 bridgehead atoms. The molecule has 1 fully saturated rings. The van der Waals surface area contributed by atoms with E-state index in [0.717, 1.165) is 0 Å². The summed E-state index contributed by atoms with van der Waals surface area (Å²) in [6, 6.07) is 0. The van der Waals surface area contributed by atoms with Gasteiger partial charge in [-0.15, -0.1) is 0 Å². The van der Waals surface area contributed by atoms with Crippen LogP contribution in [0, 0.1) is 5.92 Å². The van der Waals surface area contributed by atoms with E-state index < -0.39 is 18.0 Å². The maximum atomic E-state index is 10.4. The summed E-state index contributed by atoms with van der Waals surface area (Å²) in [4.78, 5) is 12.2. The highest BCUT2D eigenvalue weighted by Crippen LogP contribution is 2.14. The van der Waals surface area contributed by atoms with Gasteiger partial charge >= 0.3 is 5.97 Å². The van der Waals surface area contributed by atoms with Gasteiger partial charge in [0.05, 0.1) is 12.0 Å². The summed E-state index contributed by atoms with van der Waals surface area (Å²) in [5, 5.41) is 17.6. The van der Waals surface area contributed by atoms with Gasteiger partial charge in [0.2, 0.25) is 0 Å². The van der Waals surface area contributed by atoms with E-state index in [0.29, 0.717) is 13.1 Å². The second-order valence-corrected chi connectivity index (χ2v) is 2.73. The lowest BCUT2D eigenvalue weighted by atomic mass is 10.1. The van der Waals surface area contributed by atoms with Crippen LogP contribution in [0.5, 0.6) is 0 Å². The van der Waals surface area contributed by atoms with E-state index >= 15 is 0 Å². The van der Waals surface area contributed by atoms with Crippen LogP contribution in [0.3, 0.4) is 0 Å². The van der Waals surface area contributed by atoms with Crippen molar-refractivity contribution in [2.45, 2.75) is 6.10 Å². The van der Waals surface area contributed by atoms with Crippen molar-refractivity contribution in [1.82, 2.24) is 4.90 Å². The third-order valence-corrected chi connectivity index (χ3v) is 1.79. The molecular formula is C6H11NO3. The van der Waals surface area contributed by atoms with Crippen LogP contribution in [0.2, 0.25) is 0 Å². The molecule has 0 aromatic rings. The molecule has 0 radical (unpaired) electrons. The van der Waals surface area contributed by atoms with E-state index in [1.54, 1.807) is 7.05 Å². The number of β-amino-alcohol motifs (C(OH)–C–C–N with tert-alkyl or cyclic N) is 1. The van der Waals surface area contributed by atoms with Crippen molar-refractivity contribution >= 4 is 5.97 Å². The zero-order valence-electron chi connectivity index (χ0n) is 5.82. The lowest BCUT2D eigenvalue weighted by molar-refractivity contribution is -0.143. The Labute approximate surface area is 59.1 Å². The van der Waals surface area contributed by atoms with Gasteiger partial charge in [-0.05, 0) is 7.05 Å². The Kier molecular flexibility index (Phi) is 1.92. The highest BCUT2D eigenvalue weighted by Gasteiger charge is 2.34. The molecule has 1 aliphatic heterocycles. The molecule has 0 saturated carbocycles. The van der Waals surface area contributed by atoms with Crippen LogP contribution in [-0.2, 0) is 4.79 Å². The van der Waals surface area contributed by atoms with Gasteiger partial charge in [-0.25, -0.2) is 0 Å². The molecule has 0 spiro atoms. The molecule has 1 heterocycles. The van der Waals surface area contributed by atoms with Crippen LogP contribution in [0.25, 0.3) is 0 Å². The van der Waals surface area contributed by atoms with Crippen LogP contribution in [0.15, 0.2) is 0 Å². The Hall–Kier alpha value is -0.610. The highest BCUT2D eigenvalue weighted by atomic mass is 16.4. The summed E-state index contributed by atoms with van der Waals surface area (Å²) in [5.41, 5.74) is 0. The van der Waals surface area contributed by atoms with Crippen molar-refractivity contribution in [3.05, 3.63) is 0 Å². The van der Waals surface area contributed by atoms with E-state index in [9.17, 15) is 4.79 Å². The first-order chi connectivity index (χ1) is 4.61. The molecule has 0 aromatic carbocycles. The molecule has 1 saturated heterocycles. The number of nitrogens with zero attached hydrogens (tertiary/aromatic N) is 1. The summed E-state index contributed by atoms with van der Waals surface area (Å²) >= 11 is 0. The van der Waals surface area contributed by atoms with Gasteiger partial charge in [-0.1, -0.05) is 0 Å². The van der Waals surface area contributed by atoms with Gasteiger partial charge in [-0.3, -0.25) is 4.79 Å². The number of carboxylic acids is 1. The minimum absolute atomic E-state index is 0.455. The first-order valence-corrected chi connectivity index (χ1v) is 3.20. The normalized spacial score (nSPS) is 34.6. The minimum atomic E-state index is -0.906. The number of hydrogen-bond acceptors (Lipinski definition) is 3. The molecule has 58 valence electrons. The van der Waals surface area contributed by atoms with E-state index in [2.05, 4.69) is 0 Å². The number of rotatable bonds is 1. The van der Waals surface area contributed by atoms with Crippen molar-refractivity contribution in [2.75, 3.05) is 20.1 Å². The molecule has 0 unspecified atom stereocenters. The fourth-order valence-corrected chi connectivity index (χ4v) is 1.22. The number of carboxylic acid groups (broad SMARTS) is 1.